The van der Waals surface area contributed by atoms with E-state index in [1.54, 1.807) is 52.3 Å². The van der Waals surface area contributed by atoms with Gasteiger partial charge in [0.25, 0.3) is 5.56 Å². The van der Waals surface area contributed by atoms with Crippen LogP contribution >= 0.6 is 11.3 Å². The molecular weight excluding hydrogens is 664 g/mol. The molecule has 0 radical (unpaired) electrons. The smallest absolute Gasteiger partial charge is 0.338 e. The van der Waals surface area contributed by atoms with Crippen molar-refractivity contribution < 1.29 is 42.7 Å². The summed E-state index contributed by atoms with van der Waals surface area (Å²) in [7, 11) is 7.71. The van der Waals surface area contributed by atoms with Crippen molar-refractivity contribution in [2.45, 2.75) is 33.4 Å². The number of ether oxygens (including phenoxy) is 8. The van der Waals surface area contributed by atoms with Crippen LogP contribution in [0.1, 0.15) is 43.5 Å². The lowest BCUT2D eigenvalue weighted by atomic mass is 9.95. The van der Waals surface area contributed by atoms with E-state index in [0.717, 1.165) is 5.56 Å². The number of esters is 1. The fourth-order valence-electron chi connectivity index (χ4n) is 5.67. The molecule has 1 aromatic heterocycles. The molecule has 3 aromatic carbocycles. The van der Waals surface area contributed by atoms with Crippen molar-refractivity contribution in [3.8, 4) is 40.2 Å². The van der Waals surface area contributed by atoms with Crippen molar-refractivity contribution in [3.63, 3.8) is 0 Å². The topological polar surface area (TPSA) is 125 Å². The third kappa shape index (κ3) is 7.13. The van der Waals surface area contributed by atoms with Gasteiger partial charge in [-0.05, 0) is 80.4 Å². The van der Waals surface area contributed by atoms with Crippen LogP contribution in [0.25, 0.3) is 6.08 Å². The molecule has 50 heavy (non-hydrogen) atoms. The highest BCUT2D eigenvalue weighted by atomic mass is 32.1. The van der Waals surface area contributed by atoms with Crippen LogP contribution < -0.4 is 48.1 Å². The largest absolute Gasteiger partial charge is 0.497 e. The van der Waals surface area contributed by atoms with E-state index in [1.807, 2.05) is 37.3 Å². The van der Waals surface area contributed by atoms with Crippen LogP contribution in [0.15, 0.2) is 69.6 Å². The summed E-state index contributed by atoms with van der Waals surface area (Å²) in [6.45, 7) is 6.09. The van der Waals surface area contributed by atoms with E-state index in [2.05, 4.69) is 4.99 Å². The summed E-state index contributed by atoms with van der Waals surface area (Å²) in [5.41, 5.74) is 2.38. The van der Waals surface area contributed by atoms with Gasteiger partial charge in [-0.1, -0.05) is 17.4 Å². The lowest BCUT2D eigenvalue weighted by Crippen LogP contribution is -2.40. The van der Waals surface area contributed by atoms with Crippen LogP contribution in [-0.2, 0) is 16.1 Å². The standard InChI is InChI=1S/C37H40N2O10S/c1-9-47-28-15-22(11-13-27(28)49-20-24-17-25(42-4)12-14-26(24)43-5)16-31-35(40)39-33(23-18-29(44-6)34(46-8)30(19-23)45-7)32(36(41)48-10-2)21(3)38-37(39)50-31/h11-19,33H,9-10,20H2,1-8H3/b31-16-/t33-/m1/s1. The highest BCUT2D eigenvalue weighted by molar-refractivity contribution is 7.07. The van der Waals surface area contributed by atoms with E-state index in [1.165, 1.54) is 37.2 Å². The van der Waals surface area contributed by atoms with Crippen LogP contribution in [-0.4, -0.2) is 59.3 Å². The summed E-state index contributed by atoms with van der Waals surface area (Å²) >= 11 is 1.21. The first-order chi connectivity index (χ1) is 24.2. The number of thiazole rings is 1. The lowest BCUT2D eigenvalue weighted by Gasteiger charge is -2.26. The Morgan fingerprint density at radius 2 is 1.52 bits per heavy atom. The van der Waals surface area contributed by atoms with E-state index in [9.17, 15) is 9.59 Å². The predicted octanol–water partition coefficient (Wildman–Crippen LogP) is 4.82. The van der Waals surface area contributed by atoms with Gasteiger partial charge in [0, 0.05) is 5.56 Å². The van der Waals surface area contributed by atoms with Crippen molar-refractivity contribution in [3.05, 3.63) is 96.2 Å². The highest BCUT2D eigenvalue weighted by Crippen LogP contribution is 2.42. The number of methoxy groups -OCH3 is 5. The molecule has 0 bridgehead atoms. The Hall–Kier alpha value is -5.43. The molecular formula is C37H40N2O10S. The maximum atomic E-state index is 14.3. The quantitative estimate of drug-likeness (QED) is 0.169. The maximum Gasteiger partial charge on any atom is 0.338 e. The van der Waals surface area contributed by atoms with Crippen LogP contribution in [0.3, 0.4) is 0 Å². The first-order valence-electron chi connectivity index (χ1n) is 15.8. The number of benzene rings is 3. The molecule has 0 fully saturated rings. The summed E-state index contributed by atoms with van der Waals surface area (Å²) in [5.74, 6) is 2.93. The first-order valence-corrected chi connectivity index (χ1v) is 16.6. The third-order valence-electron chi connectivity index (χ3n) is 7.96. The van der Waals surface area contributed by atoms with Gasteiger partial charge in [0.2, 0.25) is 5.75 Å². The van der Waals surface area contributed by atoms with Gasteiger partial charge < -0.3 is 37.9 Å². The first kappa shape index (κ1) is 35.9. The van der Waals surface area contributed by atoms with Gasteiger partial charge in [-0.25, -0.2) is 9.79 Å². The minimum atomic E-state index is -0.885. The number of hydrogen-bond donors (Lipinski definition) is 0. The van der Waals surface area contributed by atoms with Crippen molar-refractivity contribution in [2.75, 3.05) is 48.8 Å². The molecule has 0 saturated heterocycles. The Bertz CT molecular complexity index is 2070. The molecule has 0 N–H and O–H groups in total. The molecule has 1 atom stereocenters. The fraction of sp³-hybridized carbons (Fsp3) is 0.324. The molecule has 13 heteroatoms. The highest BCUT2D eigenvalue weighted by Gasteiger charge is 2.34. The second-order valence-corrected chi connectivity index (χ2v) is 11.9. The van der Waals surface area contributed by atoms with Gasteiger partial charge in [0.15, 0.2) is 27.8 Å². The molecule has 1 aliphatic heterocycles. The van der Waals surface area contributed by atoms with E-state index in [0.29, 0.717) is 73.0 Å². The molecule has 0 unspecified atom stereocenters. The summed E-state index contributed by atoms with van der Waals surface area (Å²) in [5, 5.41) is 0. The fourth-order valence-corrected chi connectivity index (χ4v) is 6.72. The zero-order chi connectivity index (χ0) is 35.9. The summed E-state index contributed by atoms with van der Waals surface area (Å²) in [6.07, 6.45) is 1.76. The number of rotatable bonds is 14. The van der Waals surface area contributed by atoms with Crippen LogP contribution in [0, 0.1) is 0 Å². The predicted molar refractivity (Wildman–Crippen MR) is 188 cm³/mol. The number of aromatic nitrogens is 1. The van der Waals surface area contributed by atoms with Crippen molar-refractivity contribution in [2.24, 2.45) is 4.99 Å². The Balaban J connectivity index is 1.59. The number of nitrogens with zero attached hydrogens (tertiary/aromatic N) is 2. The zero-order valence-corrected chi connectivity index (χ0v) is 30.1. The number of hydrogen-bond acceptors (Lipinski definition) is 12. The lowest BCUT2D eigenvalue weighted by molar-refractivity contribution is -0.139. The molecule has 0 saturated carbocycles. The van der Waals surface area contributed by atoms with Crippen LogP contribution in [0.2, 0.25) is 0 Å². The Morgan fingerprint density at radius 1 is 0.820 bits per heavy atom. The molecule has 5 rings (SSSR count). The molecule has 2 heterocycles. The van der Waals surface area contributed by atoms with E-state index in [4.69, 9.17) is 37.9 Å². The van der Waals surface area contributed by atoms with Crippen LogP contribution in [0.4, 0.5) is 0 Å². The number of allylic oxidation sites excluding steroid dienone is 1. The van der Waals surface area contributed by atoms with Gasteiger partial charge in [-0.3, -0.25) is 9.36 Å². The van der Waals surface area contributed by atoms with Gasteiger partial charge >= 0.3 is 5.97 Å². The minimum Gasteiger partial charge on any atom is -0.497 e. The van der Waals surface area contributed by atoms with Gasteiger partial charge in [-0.15, -0.1) is 0 Å². The molecule has 4 aromatic rings. The Kier molecular flexibility index (Phi) is 11.4. The van der Waals surface area contributed by atoms with Crippen molar-refractivity contribution in [1.82, 2.24) is 4.57 Å². The normalized spacial score (nSPS) is 14.0. The maximum absolute atomic E-state index is 14.3. The summed E-state index contributed by atoms with van der Waals surface area (Å²) < 4.78 is 47.0. The van der Waals surface area contributed by atoms with Gasteiger partial charge in [0.1, 0.15) is 18.1 Å². The van der Waals surface area contributed by atoms with Crippen molar-refractivity contribution in [1.29, 1.82) is 0 Å². The molecule has 264 valence electrons. The number of fused-ring (bicyclic) bond motifs is 1. The SMILES string of the molecule is CCOC(=O)C1=C(C)N=c2s/c(=C\c3ccc(OCc4cc(OC)ccc4OC)c(OCC)c3)c(=O)n2[C@@H]1c1cc(OC)c(OC)c(OC)c1. The van der Waals surface area contributed by atoms with Gasteiger partial charge in [0.05, 0.1) is 70.6 Å². The molecule has 1 aliphatic rings. The second kappa shape index (κ2) is 15.9. The minimum absolute atomic E-state index is 0.150. The van der Waals surface area contributed by atoms with Crippen LogP contribution in [0.5, 0.6) is 40.2 Å². The average molecular weight is 705 g/mol. The van der Waals surface area contributed by atoms with Gasteiger partial charge in [-0.2, -0.15) is 0 Å². The summed E-state index contributed by atoms with van der Waals surface area (Å²) in [6, 6.07) is 13.5. The second-order valence-electron chi connectivity index (χ2n) is 10.9. The Morgan fingerprint density at radius 3 is 2.14 bits per heavy atom. The monoisotopic (exact) mass is 704 g/mol. The molecule has 0 spiro atoms. The van der Waals surface area contributed by atoms with E-state index < -0.39 is 12.0 Å². The van der Waals surface area contributed by atoms with E-state index >= 15 is 0 Å². The average Bonchev–Trinajstić information content (AvgIpc) is 3.43. The van der Waals surface area contributed by atoms with Crippen molar-refractivity contribution >= 4 is 23.4 Å². The molecule has 0 amide bonds. The zero-order valence-electron chi connectivity index (χ0n) is 29.3. The number of carbonyl (C=O) groups is 1. The third-order valence-corrected chi connectivity index (χ3v) is 8.94. The molecule has 0 aliphatic carbocycles. The summed E-state index contributed by atoms with van der Waals surface area (Å²) in [4.78, 5) is 32.8. The number of carbonyl (C=O) groups excluding carboxylic acids is 1. The molecule has 12 nitrogen and oxygen atoms in total. The van der Waals surface area contributed by atoms with E-state index in [-0.39, 0.29) is 24.3 Å². The Labute approximate surface area is 293 Å².